The van der Waals surface area contributed by atoms with Gasteiger partial charge in [-0.1, -0.05) is 34.1 Å². The summed E-state index contributed by atoms with van der Waals surface area (Å²) in [4.78, 5) is 5.98. The van der Waals surface area contributed by atoms with Gasteiger partial charge >= 0.3 is 0 Å². The number of aromatic nitrogens is 2. The molecule has 1 aromatic heterocycles. The SMILES string of the molecule is CS(=O)(=O)c1ccc(-c2[nH]c(C(F)F)nc2-c2cccc(Br)c2)cc1F. The summed E-state index contributed by atoms with van der Waals surface area (Å²) in [5, 5.41) is 0. The third-order valence-electron chi connectivity index (χ3n) is 3.65. The zero-order valence-electron chi connectivity index (χ0n) is 13.3. The number of halogens is 4. The molecule has 4 nitrogen and oxygen atoms in total. The van der Waals surface area contributed by atoms with Crippen molar-refractivity contribution in [3.05, 3.63) is 58.6 Å². The van der Waals surface area contributed by atoms with Crippen LogP contribution in [0.1, 0.15) is 12.2 Å². The van der Waals surface area contributed by atoms with Crippen LogP contribution in [0, 0.1) is 5.82 Å². The van der Waals surface area contributed by atoms with Crippen molar-refractivity contribution in [2.45, 2.75) is 11.3 Å². The molecule has 1 N–H and O–H groups in total. The molecular formula is C17H12BrF3N2O2S. The van der Waals surface area contributed by atoms with E-state index in [1.54, 1.807) is 24.3 Å². The molecule has 0 aliphatic heterocycles. The highest BCUT2D eigenvalue weighted by Gasteiger charge is 2.21. The van der Waals surface area contributed by atoms with Gasteiger partial charge in [0.25, 0.3) is 6.43 Å². The van der Waals surface area contributed by atoms with E-state index in [1.165, 1.54) is 6.07 Å². The average molecular weight is 445 g/mol. The van der Waals surface area contributed by atoms with E-state index in [-0.39, 0.29) is 17.0 Å². The van der Waals surface area contributed by atoms with E-state index in [4.69, 9.17) is 0 Å². The Morgan fingerprint density at radius 2 is 1.85 bits per heavy atom. The molecule has 26 heavy (non-hydrogen) atoms. The normalized spacial score (nSPS) is 11.9. The number of sulfone groups is 1. The fraction of sp³-hybridized carbons (Fsp3) is 0.118. The smallest absolute Gasteiger partial charge is 0.295 e. The van der Waals surface area contributed by atoms with Crippen LogP contribution in [0.4, 0.5) is 13.2 Å². The molecule has 0 fully saturated rings. The summed E-state index contributed by atoms with van der Waals surface area (Å²) >= 11 is 3.31. The summed E-state index contributed by atoms with van der Waals surface area (Å²) < 4.78 is 64.3. The van der Waals surface area contributed by atoms with Gasteiger partial charge in [0.15, 0.2) is 15.7 Å². The molecule has 0 amide bonds. The predicted octanol–water partition coefficient (Wildman–Crippen LogP) is 4.99. The van der Waals surface area contributed by atoms with Crippen LogP contribution >= 0.6 is 15.9 Å². The van der Waals surface area contributed by atoms with Gasteiger partial charge in [-0.3, -0.25) is 0 Å². The van der Waals surface area contributed by atoms with Crippen LogP contribution in [0.5, 0.6) is 0 Å². The summed E-state index contributed by atoms with van der Waals surface area (Å²) in [6.45, 7) is 0. The first-order valence-electron chi connectivity index (χ1n) is 7.31. The van der Waals surface area contributed by atoms with Gasteiger partial charge in [-0.2, -0.15) is 0 Å². The number of imidazole rings is 1. The molecule has 9 heteroatoms. The van der Waals surface area contributed by atoms with Crippen molar-refractivity contribution in [1.82, 2.24) is 9.97 Å². The van der Waals surface area contributed by atoms with E-state index in [9.17, 15) is 21.6 Å². The Morgan fingerprint density at radius 1 is 1.12 bits per heavy atom. The number of benzene rings is 2. The van der Waals surface area contributed by atoms with E-state index in [1.807, 2.05) is 0 Å². The van der Waals surface area contributed by atoms with Crippen LogP contribution < -0.4 is 0 Å². The van der Waals surface area contributed by atoms with Gasteiger partial charge in [0.1, 0.15) is 10.7 Å². The molecule has 3 rings (SSSR count). The number of hydrogen-bond donors (Lipinski definition) is 1. The molecule has 1 heterocycles. The molecule has 0 radical (unpaired) electrons. The number of aromatic amines is 1. The maximum absolute atomic E-state index is 14.2. The molecule has 0 saturated carbocycles. The first kappa shape index (κ1) is 18.7. The standard InChI is InChI=1S/C17H12BrF3N2O2S/c1-26(24,25)13-6-5-10(8-12(13)19)15-14(22-17(23-15)16(20)21)9-3-2-4-11(18)7-9/h2-8,16H,1H3,(H,22,23). The largest absolute Gasteiger partial charge is 0.337 e. The van der Waals surface area contributed by atoms with Crippen molar-refractivity contribution in [1.29, 1.82) is 0 Å². The Bertz CT molecular complexity index is 1080. The quantitative estimate of drug-likeness (QED) is 0.616. The second kappa shape index (κ2) is 6.88. The van der Waals surface area contributed by atoms with Crippen molar-refractivity contribution in [2.24, 2.45) is 0 Å². The summed E-state index contributed by atoms with van der Waals surface area (Å²) in [6, 6.07) is 10.3. The summed E-state index contributed by atoms with van der Waals surface area (Å²) in [5.41, 5.74) is 1.15. The van der Waals surface area contributed by atoms with Gasteiger partial charge in [0.2, 0.25) is 0 Å². The fourth-order valence-corrected chi connectivity index (χ4v) is 3.63. The van der Waals surface area contributed by atoms with Gasteiger partial charge in [-0.25, -0.2) is 26.6 Å². The Kier molecular flexibility index (Phi) is 4.94. The molecule has 2 aromatic carbocycles. The maximum Gasteiger partial charge on any atom is 0.295 e. The number of alkyl halides is 2. The second-order valence-corrected chi connectivity index (χ2v) is 8.47. The topological polar surface area (TPSA) is 62.8 Å². The van der Waals surface area contributed by atoms with Crippen molar-refractivity contribution in [3.63, 3.8) is 0 Å². The number of H-pyrrole nitrogens is 1. The third kappa shape index (κ3) is 3.68. The lowest BCUT2D eigenvalue weighted by Gasteiger charge is -2.06. The Hall–Kier alpha value is -2.13. The van der Waals surface area contributed by atoms with E-state index in [0.29, 0.717) is 5.56 Å². The van der Waals surface area contributed by atoms with Gasteiger partial charge in [-0.15, -0.1) is 0 Å². The van der Waals surface area contributed by atoms with E-state index in [2.05, 4.69) is 25.9 Å². The molecule has 0 aliphatic carbocycles. The average Bonchev–Trinajstić information content (AvgIpc) is 2.99. The minimum Gasteiger partial charge on any atom is -0.337 e. The van der Waals surface area contributed by atoms with Gasteiger partial charge < -0.3 is 4.98 Å². The predicted molar refractivity (Wildman–Crippen MR) is 95.2 cm³/mol. The van der Waals surface area contributed by atoms with Crippen LogP contribution in [0.3, 0.4) is 0 Å². The van der Waals surface area contributed by atoms with Crippen LogP contribution in [0.2, 0.25) is 0 Å². The van der Waals surface area contributed by atoms with Crippen LogP contribution in [0.15, 0.2) is 51.8 Å². The van der Waals surface area contributed by atoms with E-state index >= 15 is 0 Å². The van der Waals surface area contributed by atoms with Gasteiger partial charge in [0, 0.05) is 21.9 Å². The fourth-order valence-electron chi connectivity index (χ4n) is 2.51. The van der Waals surface area contributed by atoms with Crippen LogP contribution in [-0.2, 0) is 9.84 Å². The molecule has 0 unspecified atom stereocenters. The van der Waals surface area contributed by atoms with E-state index < -0.39 is 32.8 Å². The molecule has 0 saturated heterocycles. The number of nitrogens with one attached hydrogen (secondary N) is 1. The number of hydrogen-bond acceptors (Lipinski definition) is 3. The van der Waals surface area contributed by atoms with Gasteiger partial charge in [-0.05, 0) is 24.3 Å². The maximum atomic E-state index is 14.2. The lowest BCUT2D eigenvalue weighted by Crippen LogP contribution is -2.00. The Balaban J connectivity index is 2.20. The van der Waals surface area contributed by atoms with Crippen LogP contribution in [0.25, 0.3) is 22.5 Å². The molecule has 0 bridgehead atoms. The van der Waals surface area contributed by atoms with Crippen molar-refractivity contribution < 1.29 is 21.6 Å². The van der Waals surface area contributed by atoms with Crippen molar-refractivity contribution in [2.75, 3.05) is 6.26 Å². The summed E-state index contributed by atoms with van der Waals surface area (Å²) in [6.07, 6.45) is -1.95. The minimum atomic E-state index is -3.74. The minimum absolute atomic E-state index is 0.178. The summed E-state index contributed by atoms with van der Waals surface area (Å²) in [5.74, 6) is -1.51. The highest BCUT2D eigenvalue weighted by Crippen LogP contribution is 2.34. The van der Waals surface area contributed by atoms with Gasteiger partial charge in [0.05, 0.1) is 11.4 Å². The van der Waals surface area contributed by atoms with Crippen molar-refractivity contribution >= 4 is 25.8 Å². The lowest BCUT2D eigenvalue weighted by molar-refractivity contribution is 0.141. The highest BCUT2D eigenvalue weighted by atomic mass is 79.9. The van der Waals surface area contributed by atoms with Crippen LogP contribution in [-0.4, -0.2) is 24.6 Å². The first-order chi connectivity index (χ1) is 12.2. The molecule has 136 valence electrons. The molecule has 0 aliphatic rings. The highest BCUT2D eigenvalue weighted by molar-refractivity contribution is 9.10. The molecule has 0 spiro atoms. The van der Waals surface area contributed by atoms with Crippen molar-refractivity contribution in [3.8, 4) is 22.5 Å². The lowest BCUT2D eigenvalue weighted by atomic mass is 10.1. The Labute approximate surface area is 156 Å². The third-order valence-corrected chi connectivity index (χ3v) is 5.27. The molecule has 0 atom stereocenters. The summed E-state index contributed by atoms with van der Waals surface area (Å²) in [7, 11) is -3.74. The second-order valence-electron chi connectivity index (χ2n) is 5.57. The monoisotopic (exact) mass is 444 g/mol. The first-order valence-corrected chi connectivity index (χ1v) is 9.99. The molecular weight excluding hydrogens is 433 g/mol. The molecule has 3 aromatic rings. The zero-order valence-corrected chi connectivity index (χ0v) is 15.7. The zero-order chi connectivity index (χ0) is 19.1. The number of nitrogens with zero attached hydrogens (tertiary/aromatic N) is 1. The Morgan fingerprint density at radius 3 is 2.42 bits per heavy atom. The van der Waals surface area contributed by atoms with E-state index in [0.717, 1.165) is 22.9 Å². The number of rotatable bonds is 4.